The molecule has 1 aromatic carbocycles. The fourth-order valence-electron chi connectivity index (χ4n) is 1.86. The predicted octanol–water partition coefficient (Wildman–Crippen LogP) is 1.59. The molecule has 0 radical (unpaired) electrons. The molecule has 19 heavy (non-hydrogen) atoms. The van der Waals surface area contributed by atoms with Gasteiger partial charge in [0.2, 0.25) is 0 Å². The molecule has 2 aromatic rings. The summed E-state index contributed by atoms with van der Waals surface area (Å²) in [5.41, 5.74) is 8.95. The Hall–Kier alpha value is -2.43. The number of aromatic amines is 1. The van der Waals surface area contributed by atoms with Crippen LogP contribution in [0.1, 0.15) is 16.1 Å². The zero-order chi connectivity index (χ0) is 13.8. The van der Waals surface area contributed by atoms with Crippen molar-refractivity contribution in [2.75, 3.05) is 24.7 Å². The number of H-pyrrole nitrogens is 1. The number of nitrogens with zero attached hydrogens (tertiary/aromatic N) is 1. The van der Waals surface area contributed by atoms with Crippen LogP contribution in [0.2, 0.25) is 0 Å². The molecule has 0 saturated carbocycles. The first kappa shape index (κ1) is 13.0. The van der Waals surface area contributed by atoms with Crippen molar-refractivity contribution in [3.05, 3.63) is 47.8 Å². The minimum Gasteiger partial charge on any atom is -0.397 e. The third-order valence-electron chi connectivity index (χ3n) is 2.87. The van der Waals surface area contributed by atoms with Crippen molar-refractivity contribution in [2.24, 2.45) is 0 Å². The second-order valence-corrected chi connectivity index (χ2v) is 4.55. The molecule has 5 nitrogen and oxygen atoms in total. The van der Waals surface area contributed by atoms with E-state index in [2.05, 4.69) is 10.3 Å². The molecule has 0 unspecified atom stereocenters. The smallest absolute Gasteiger partial charge is 0.251 e. The fourth-order valence-corrected chi connectivity index (χ4v) is 1.86. The first-order valence-electron chi connectivity index (χ1n) is 6.05. The lowest BCUT2D eigenvalue weighted by Crippen LogP contribution is -2.23. The molecule has 100 valence electrons. The Morgan fingerprint density at radius 2 is 2.16 bits per heavy atom. The van der Waals surface area contributed by atoms with Crippen LogP contribution in [-0.2, 0) is 6.54 Å². The summed E-state index contributed by atoms with van der Waals surface area (Å²) in [5.74, 6) is -0.133. The second kappa shape index (κ2) is 5.48. The van der Waals surface area contributed by atoms with Crippen molar-refractivity contribution in [3.8, 4) is 0 Å². The van der Waals surface area contributed by atoms with Gasteiger partial charge in [0.25, 0.3) is 5.91 Å². The third kappa shape index (κ3) is 3.07. The average molecular weight is 258 g/mol. The Balaban J connectivity index is 2.05. The Morgan fingerprint density at radius 3 is 2.74 bits per heavy atom. The summed E-state index contributed by atoms with van der Waals surface area (Å²) in [6.07, 6.45) is 1.82. The van der Waals surface area contributed by atoms with Crippen molar-refractivity contribution in [1.82, 2.24) is 10.3 Å². The van der Waals surface area contributed by atoms with Gasteiger partial charge in [-0.25, -0.2) is 0 Å². The van der Waals surface area contributed by atoms with Gasteiger partial charge in [0.05, 0.1) is 17.9 Å². The standard InChI is InChI=1S/C14H18N4O/c1-18(2)13-6-5-10(8-12(13)15)14(19)17-9-11-4-3-7-16-11/h3-8,16H,9,15H2,1-2H3,(H,17,19). The maximum Gasteiger partial charge on any atom is 0.251 e. The first-order valence-corrected chi connectivity index (χ1v) is 6.05. The number of nitrogens with two attached hydrogens (primary N) is 1. The molecule has 0 atom stereocenters. The molecular weight excluding hydrogens is 240 g/mol. The summed E-state index contributed by atoms with van der Waals surface area (Å²) in [6, 6.07) is 9.13. The summed E-state index contributed by atoms with van der Waals surface area (Å²) >= 11 is 0. The molecule has 5 heteroatoms. The van der Waals surface area contributed by atoms with Gasteiger partial charge < -0.3 is 20.9 Å². The number of aromatic nitrogens is 1. The van der Waals surface area contributed by atoms with E-state index in [1.165, 1.54) is 0 Å². The number of rotatable bonds is 4. The van der Waals surface area contributed by atoms with Crippen LogP contribution in [0.15, 0.2) is 36.5 Å². The Kier molecular flexibility index (Phi) is 3.75. The summed E-state index contributed by atoms with van der Waals surface area (Å²) in [4.78, 5) is 16.9. The van der Waals surface area contributed by atoms with E-state index in [0.717, 1.165) is 11.4 Å². The van der Waals surface area contributed by atoms with Crippen molar-refractivity contribution in [2.45, 2.75) is 6.54 Å². The summed E-state index contributed by atoms with van der Waals surface area (Å²) in [5, 5.41) is 2.84. The van der Waals surface area contributed by atoms with E-state index >= 15 is 0 Å². The highest BCUT2D eigenvalue weighted by Crippen LogP contribution is 2.22. The molecule has 1 aromatic heterocycles. The van der Waals surface area contributed by atoms with Crippen LogP contribution in [0.4, 0.5) is 11.4 Å². The highest BCUT2D eigenvalue weighted by atomic mass is 16.1. The molecule has 0 bridgehead atoms. The van der Waals surface area contributed by atoms with E-state index < -0.39 is 0 Å². The van der Waals surface area contributed by atoms with Crippen LogP contribution < -0.4 is 16.0 Å². The van der Waals surface area contributed by atoms with Crippen molar-refractivity contribution < 1.29 is 4.79 Å². The van der Waals surface area contributed by atoms with E-state index in [1.54, 1.807) is 12.1 Å². The number of hydrogen-bond donors (Lipinski definition) is 3. The van der Waals surface area contributed by atoms with Gasteiger partial charge in [-0.15, -0.1) is 0 Å². The largest absolute Gasteiger partial charge is 0.397 e. The van der Waals surface area contributed by atoms with E-state index in [1.807, 2.05) is 43.4 Å². The summed E-state index contributed by atoms with van der Waals surface area (Å²) < 4.78 is 0. The molecule has 0 spiro atoms. The third-order valence-corrected chi connectivity index (χ3v) is 2.87. The SMILES string of the molecule is CN(C)c1ccc(C(=O)NCc2ccc[nH]2)cc1N. The van der Waals surface area contributed by atoms with Crippen LogP contribution in [0, 0.1) is 0 Å². The summed E-state index contributed by atoms with van der Waals surface area (Å²) in [7, 11) is 3.83. The fraction of sp³-hybridized carbons (Fsp3) is 0.214. The zero-order valence-electron chi connectivity index (χ0n) is 11.1. The molecule has 1 amide bonds. The second-order valence-electron chi connectivity index (χ2n) is 4.55. The van der Waals surface area contributed by atoms with Gasteiger partial charge in [-0.3, -0.25) is 4.79 Å². The summed E-state index contributed by atoms with van der Waals surface area (Å²) in [6.45, 7) is 0.473. The number of carbonyl (C=O) groups excluding carboxylic acids is 1. The molecule has 0 aliphatic heterocycles. The normalized spacial score (nSPS) is 10.2. The number of carbonyl (C=O) groups is 1. The van der Waals surface area contributed by atoms with E-state index in [4.69, 9.17) is 5.73 Å². The van der Waals surface area contributed by atoms with Gasteiger partial charge in [0.15, 0.2) is 0 Å². The van der Waals surface area contributed by atoms with E-state index in [0.29, 0.717) is 17.8 Å². The maximum absolute atomic E-state index is 12.0. The molecule has 2 rings (SSSR count). The monoisotopic (exact) mass is 258 g/mol. The van der Waals surface area contributed by atoms with Gasteiger partial charge >= 0.3 is 0 Å². The first-order chi connectivity index (χ1) is 9.08. The van der Waals surface area contributed by atoms with Gasteiger partial charge in [0.1, 0.15) is 0 Å². The number of nitrogens with one attached hydrogen (secondary N) is 2. The number of benzene rings is 1. The quantitative estimate of drug-likeness (QED) is 0.729. The minimum absolute atomic E-state index is 0.133. The maximum atomic E-state index is 12.0. The van der Waals surface area contributed by atoms with Gasteiger partial charge in [0, 0.05) is 31.5 Å². The van der Waals surface area contributed by atoms with Crippen LogP contribution in [0.3, 0.4) is 0 Å². The molecule has 1 heterocycles. The van der Waals surface area contributed by atoms with Crippen molar-refractivity contribution in [1.29, 1.82) is 0 Å². The van der Waals surface area contributed by atoms with E-state index in [9.17, 15) is 4.79 Å². The topological polar surface area (TPSA) is 74.2 Å². The highest BCUT2D eigenvalue weighted by molar-refractivity contribution is 5.96. The molecule has 4 N–H and O–H groups in total. The number of anilines is 2. The Morgan fingerprint density at radius 1 is 1.37 bits per heavy atom. The Labute approximate surface area is 112 Å². The molecule has 0 saturated heterocycles. The number of amides is 1. The molecule has 0 aliphatic rings. The lowest BCUT2D eigenvalue weighted by molar-refractivity contribution is 0.0950. The van der Waals surface area contributed by atoms with Gasteiger partial charge in [-0.05, 0) is 30.3 Å². The van der Waals surface area contributed by atoms with Crippen LogP contribution in [0.5, 0.6) is 0 Å². The van der Waals surface area contributed by atoms with Crippen LogP contribution in [-0.4, -0.2) is 25.0 Å². The van der Waals surface area contributed by atoms with E-state index in [-0.39, 0.29) is 5.91 Å². The number of hydrogen-bond acceptors (Lipinski definition) is 3. The minimum atomic E-state index is -0.133. The predicted molar refractivity (Wildman–Crippen MR) is 77.1 cm³/mol. The highest BCUT2D eigenvalue weighted by Gasteiger charge is 2.09. The Bertz CT molecular complexity index is 561. The van der Waals surface area contributed by atoms with Crippen molar-refractivity contribution >= 4 is 17.3 Å². The molecular formula is C14H18N4O. The lowest BCUT2D eigenvalue weighted by atomic mass is 10.1. The van der Waals surface area contributed by atoms with Crippen LogP contribution in [0.25, 0.3) is 0 Å². The molecule has 0 fully saturated rings. The zero-order valence-corrected chi connectivity index (χ0v) is 11.1. The van der Waals surface area contributed by atoms with Crippen molar-refractivity contribution in [3.63, 3.8) is 0 Å². The average Bonchev–Trinajstić information content (AvgIpc) is 2.88. The molecule has 0 aliphatic carbocycles. The van der Waals surface area contributed by atoms with Gasteiger partial charge in [-0.1, -0.05) is 0 Å². The van der Waals surface area contributed by atoms with Gasteiger partial charge in [-0.2, -0.15) is 0 Å². The number of nitrogen functional groups attached to an aromatic ring is 1. The van der Waals surface area contributed by atoms with Crippen LogP contribution >= 0.6 is 0 Å². The lowest BCUT2D eigenvalue weighted by Gasteiger charge is -2.15.